The number of hydrogen-bond acceptors (Lipinski definition) is 3. The summed E-state index contributed by atoms with van der Waals surface area (Å²) in [6.07, 6.45) is 2.53. The van der Waals surface area contributed by atoms with Crippen LogP contribution in [0.5, 0.6) is 0 Å². The lowest BCUT2D eigenvalue weighted by Crippen LogP contribution is -2.49. The molecule has 1 saturated heterocycles. The Balaban J connectivity index is 2.84. The van der Waals surface area contributed by atoms with Crippen molar-refractivity contribution in [2.24, 2.45) is 11.3 Å². The van der Waals surface area contributed by atoms with Gasteiger partial charge in [-0.25, -0.2) is 4.79 Å². The van der Waals surface area contributed by atoms with Crippen LogP contribution in [0.4, 0.5) is 4.79 Å². The first kappa shape index (κ1) is 17.8. The second-order valence-corrected chi connectivity index (χ2v) is 6.93. The summed E-state index contributed by atoms with van der Waals surface area (Å²) in [6.45, 7) is 10.5. The lowest BCUT2D eigenvalue weighted by molar-refractivity contribution is -0.155. The molecule has 1 N–H and O–H groups in total. The lowest BCUT2D eigenvalue weighted by atomic mass is 9.68. The molecule has 1 unspecified atom stereocenters. The highest BCUT2D eigenvalue weighted by molar-refractivity contribution is 5.75. The molecular weight excluding hydrogens is 270 g/mol. The van der Waals surface area contributed by atoms with Gasteiger partial charge in [0.05, 0.1) is 5.41 Å². The zero-order valence-corrected chi connectivity index (χ0v) is 13.9. The number of carboxylic acids is 1. The summed E-state index contributed by atoms with van der Waals surface area (Å²) < 4.78 is 5.41. The zero-order chi connectivity index (χ0) is 16.3. The lowest BCUT2D eigenvalue weighted by Gasteiger charge is -2.42. The zero-order valence-electron chi connectivity index (χ0n) is 13.9. The van der Waals surface area contributed by atoms with Gasteiger partial charge < -0.3 is 14.7 Å². The van der Waals surface area contributed by atoms with E-state index in [2.05, 4.69) is 0 Å². The molecule has 0 aliphatic carbocycles. The summed E-state index contributed by atoms with van der Waals surface area (Å²) in [6, 6.07) is 0. The molecular formula is C16H29NO4. The van der Waals surface area contributed by atoms with Gasteiger partial charge in [0.2, 0.25) is 0 Å². The molecule has 0 aromatic carbocycles. The van der Waals surface area contributed by atoms with E-state index in [0.29, 0.717) is 25.9 Å². The van der Waals surface area contributed by atoms with E-state index in [1.54, 1.807) is 4.90 Å². The summed E-state index contributed by atoms with van der Waals surface area (Å²) in [4.78, 5) is 25.6. The number of nitrogens with zero attached hydrogens (tertiary/aromatic N) is 1. The van der Waals surface area contributed by atoms with Crippen LogP contribution < -0.4 is 0 Å². The molecule has 1 amide bonds. The largest absolute Gasteiger partial charge is 0.481 e. The maximum atomic E-state index is 12.2. The average Bonchev–Trinajstić information content (AvgIpc) is 2.39. The Morgan fingerprint density at radius 1 is 1.24 bits per heavy atom. The molecule has 0 bridgehead atoms. The summed E-state index contributed by atoms with van der Waals surface area (Å²) >= 11 is 0. The van der Waals surface area contributed by atoms with Gasteiger partial charge in [-0.15, -0.1) is 0 Å². The fourth-order valence-electron chi connectivity index (χ4n) is 3.22. The standard InChI is InChI=1S/C16H29NO4/c1-6-16(7-2,13(18)19)12-9-8-10-17(11-12)14(20)21-15(3,4)5/h12H,6-11H2,1-5H3,(H,18,19). The molecule has 1 atom stereocenters. The summed E-state index contributed by atoms with van der Waals surface area (Å²) in [5.74, 6) is -0.755. The number of piperidine rings is 1. The van der Waals surface area contributed by atoms with Crippen LogP contribution in [0.3, 0.4) is 0 Å². The van der Waals surface area contributed by atoms with Crippen molar-refractivity contribution in [2.75, 3.05) is 13.1 Å². The molecule has 1 aliphatic heterocycles. The second kappa shape index (κ2) is 6.67. The van der Waals surface area contributed by atoms with Crippen molar-refractivity contribution in [3.05, 3.63) is 0 Å². The van der Waals surface area contributed by atoms with Gasteiger partial charge in [0, 0.05) is 13.1 Å². The van der Waals surface area contributed by atoms with Crippen LogP contribution in [0, 0.1) is 11.3 Å². The van der Waals surface area contributed by atoms with Crippen molar-refractivity contribution >= 4 is 12.1 Å². The van der Waals surface area contributed by atoms with E-state index in [0.717, 1.165) is 12.8 Å². The fraction of sp³-hybridized carbons (Fsp3) is 0.875. The van der Waals surface area contributed by atoms with Crippen molar-refractivity contribution in [3.8, 4) is 0 Å². The van der Waals surface area contributed by atoms with Gasteiger partial charge in [-0.2, -0.15) is 0 Å². The maximum absolute atomic E-state index is 12.2. The van der Waals surface area contributed by atoms with Crippen LogP contribution in [0.1, 0.15) is 60.3 Å². The molecule has 0 aromatic rings. The number of rotatable bonds is 4. The molecule has 5 nitrogen and oxygen atoms in total. The molecule has 1 heterocycles. The molecule has 5 heteroatoms. The molecule has 1 fully saturated rings. The van der Waals surface area contributed by atoms with Crippen molar-refractivity contribution < 1.29 is 19.4 Å². The van der Waals surface area contributed by atoms with Crippen LogP contribution in [0.25, 0.3) is 0 Å². The molecule has 21 heavy (non-hydrogen) atoms. The highest BCUT2D eigenvalue weighted by atomic mass is 16.6. The Bertz CT molecular complexity index is 382. The number of amides is 1. The Hall–Kier alpha value is -1.26. The van der Waals surface area contributed by atoms with E-state index in [1.165, 1.54) is 0 Å². The first-order valence-corrected chi connectivity index (χ1v) is 7.87. The third kappa shape index (κ3) is 4.11. The number of carboxylic acid groups (broad SMARTS) is 1. The Labute approximate surface area is 127 Å². The minimum atomic E-state index is -0.747. The minimum absolute atomic E-state index is 0.00808. The molecule has 0 aromatic heterocycles. The first-order chi connectivity index (χ1) is 9.66. The summed E-state index contributed by atoms with van der Waals surface area (Å²) in [5, 5.41) is 9.65. The quantitative estimate of drug-likeness (QED) is 0.862. The Morgan fingerprint density at radius 3 is 2.24 bits per heavy atom. The number of likely N-dealkylation sites (tertiary alicyclic amines) is 1. The Morgan fingerprint density at radius 2 is 1.81 bits per heavy atom. The SMILES string of the molecule is CCC(CC)(C(=O)O)C1CCCN(C(=O)OC(C)(C)C)C1. The van der Waals surface area contributed by atoms with Crippen LogP contribution in [0.2, 0.25) is 0 Å². The highest BCUT2D eigenvalue weighted by Gasteiger charge is 2.45. The van der Waals surface area contributed by atoms with Gasteiger partial charge in [0.15, 0.2) is 0 Å². The second-order valence-electron chi connectivity index (χ2n) is 6.93. The third-order valence-corrected chi connectivity index (χ3v) is 4.54. The molecule has 122 valence electrons. The number of ether oxygens (including phenoxy) is 1. The van der Waals surface area contributed by atoms with Crippen molar-refractivity contribution in [1.29, 1.82) is 0 Å². The third-order valence-electron chi connectivity index (χ3n) is 4.54. The Kier molecular flexibility index (Phi) is 5.65. The van der Waals surface area contributed by atoms with Crippen LogP contribution >= 0.6 is 0 Å². The molecule has 0 spiro atoms. The maximum Gasteiger partial charge on any atom is 0.410 e. The fourth-order valence-corrected chi connectivity index (χ4v) is 3.22. The van der Waals surface area contributed by atoms with E-state index >= 15 is 0 Å². The van der Waals surface area contributed by atoms with Crippen molar-refractivity contribution in [2.45, 2.75) is 65.9 Å². The predicted molar refractivity (Wildman–Crippen MR) is 81.2 cm³/mol. The summed E-state index contributed by atoms with van der Waals surface area (Å²) in [7, 11) is 0. The van der Waals surface area contributed by atoms with Crippen molar-refractivity contribution in [1.82, 2.24) is 4.90 Å². The van der Waals surface area contributed by atoms with E-state index in [9.17, 15) is 14.7 Å². The van der Waals surface area contributed by atoms with Crippen molar-refractivity contribution in [3.63, 3.8) is 0 Å². The predicted octanol–water partition coefficient (Wildman–Crippen LogP) is 3.52. The number of carbonyl (C=O) groups is 2. The van der Waals surface area contributed by atoms with Gasteiger partial charge in [0.25, 0.3) is 0 Å². The van der Waals surface area contributed by atoms with Crippen LogP contribution in [-0.2, 0) is 9.53 Å². The smallest absolute Gasteiger partial charge is 0.410 e. The number of carbonyl (C=O) groups excluding carboxylic acids is 1. The van der Waals surface area contributed by atoms with Gasteiger partial charge >= 0.3 is 12.1 Å². The molecule has 0 radical (unpaired) electrons. The monoisotopic (exact) mass is 299 g/mol. The number of aliphatic carboxylic acids is 1. The number of hydrogen-bond donors (Lipinski definition) is 1. The van der Waals surface area contributed by atoms with E-state index in [4.69, 9.17) is 4.74 Å². The van der Waals surface area contributed by atoms with Crippen LogP contribution in [0.15, 0.2) is 0 Å². The molecule has 0 saturated carbocycles. The van der Waals surface area contributed by atoms with Gasteiger partial charge in [-0.3, -0.25) is 4.79 Å². The van der Waals surface area contributed by atoms with E-state index < -0.39 is 17.0 Å². The normalized spacial score (nSPS) is 20.2. The topological polar surface area (TPSA) is 66.8 Å². The van der Waals surface area contributed by atoms with Gasteiger partial charge in [-0.1, -0.05) is 13.8 Å². The summed E-state index contributed by atoms with van der Waals surface area (Å²) in [5.41, 5.74) is -1.26. The van der Waals surface area contributed by atoms with E-state index in [1.807, 2.05) is 34.6 Å². The minimum Gasteiger partial charge on any atom is -0.481 e. The average molecular weight is 299 g/mol. The van der Waals surface area contributed by atoms with Crippen LogP contribution in [-0.4, -0.2) is 40.8 Å². The molecule has 1 rings (SSSR count). The first-order valence-electron chi connectivity index (χ1n) is 7.87. The molecule has 1 aliphatic rings. The van der Waals surface area contributed by atoms with Gasteiger partial charge in [-0.05, 0) is 52.4 Å². The van der Waals surface area contributed by atoms with Gasteiger partial charge in [0.1, 0.15) is 5.60 Å². The van der Waals surface area contributed by atoms with E-state index in [-0.39, 0.29) is 12.0 Å². The highest BCUT2D eigenvalue weighted by Crippen LogP contribution is 2.40.